The molecule has 0 spiro atoms. The fourth-order valence-electron chi connectivity index (χ4n) is 3.37. The number of hydrogen-bond acceptors (Lipinski definition) is 6. The number of nitrogens with zero attached hydrogens (tertiary/aromatic N) is 3. The van der Waals surface area contributed by atoms with Gasteiger partial charge in [0.1, 0.15) is 5.82 Å². The van der Waals surface area contributed by atoms with E-state index < -0.39 is 9.84 Å². The Morgan fingerprint density at radius 2 is 1.96 bits per heavy atom. The van der Waals surface area contributed by atoms with Crippen molar-refractivity contribution in [3.63, 3.8) is 0 Å². The highest BCUT2D eigenvalue weighted by molar-refractivity contribution is 7.91. The van der Waals surface area contributed by atoms with E-state index in [2.05, 4.69) is 38.4 Å². The van der Waals surface area contributed by atoms with Gasteiger partial charge in [0.25, 0.3) is 0 Å². The Morgan fingerprint density at radius 3 is 2.62 bits per heavy atom. The van der Waals surface area contributed by atoms with Crippen LogP contribution in [0.5, 0.6) is 0 Å². The second-order valence-electron chi connectivity index (χ2n) is 6.98. The average molecular weight is 375 g/mol. The molecule has 1 aromatic carbocycles. The lowest BCUT2D eigenvalue weighted by molar-refractivity contribution is 0.599. The lowest BCUT2D eigenvalue weighted by Crippen LogP contribution is -2.37. The largest absolute Gasteiger partial charge is 0.353 e. The number of aryl methyl sites for hydroxylation is 3. The van der Waals surface area contributed by atoms with Gasteiger partial charge in [0.2, 0.25) is 5.95 Å². The van der Waals surface area contributed by atoms with Crippen LogP contribution in [-0.4, -0.2) is 42.5 Å². The van der Waals surface area contributed by atoms with Crippen molar-refractivity contribution in [2.24, 2.45) is 0 Å². The Morgan fingerprint density at radius 1 is 1.19 bits per heavy atom. The molecule has 1 aliphatic heterocycles. The molecule has 1 saturated heterocycles. The smallest absolute Gasteiger partial charge is 0.229 e. The molecule has 0 aliphatic carbocycles. The first-order chi connectivity index (χ1) is 12.3. The van der Waals surface area contributed by atoms with Crippen LogP contribution in [0.2, 0.25) is 0 Å². The van der Waals surface area contributed by atoms with Gasteiger partial charge in [-0.15, -0.1) is 0 Å². The molecule has 0 radical (unpaired) electrons. The van der Waals surface area contributed by atoms with Gasteiger partial charge in [-0.1, -0.05) is 12.1 Å². The van der Waals surface area contributed by atoms with Crippen LogP contribution in [-0.2, 0) is 9.84 Å². The van der Waals surface area contributed by atoms with Gasteiger partial charge in [-0.3, -0.25) is 0 Å². The Labute approximate surface area is 155 Å². The van der Waals surface area contributed by atoms with Gasteiger partial charge in [-0.25, -0.2) is 13.4 Å². The Balaban J connectivity index is 1.90. The van der Waals surface area contributed by atoms with Crippen LogP contribution < -0.4 is 10.2 Å². The first kappa shape index (κ1) is 18.6. The molecule has 0 saturated carbocycles. The first-order valence-electron chi connectivity index (χ1n) is 8.94. The summed E-state index contributed by atoms with van der Waals surface area (Å²) in [5.74, 6) is 1.76. The topological polar surface area (TPSA) is 75.2 Å². The second-order valence-corrected chi connectivity index (χ2v) is 9.21. The molecule has 0 bridgehead atoms. The van der Waals surface area contributed by atoms with Crippen LogP contribution in [0, 0.1) is 20.8 Å². The van der Waals surface area contributed by atoms with Crippen molar-refractivity contribution in [3.8, 4) is 0 Å². The Bertz CT molecular complexity index is 912. The molecule has 0 amide bonds. The van der Waals surface area contributed by atoms with Crippen LogP contribution >= 0.6 is 0 Å². The van der Waals surface area contributed by atoms with Gasteiger partial charge in [0.05, 0.1) is 11.5 Å². The average Bonchev–Trinajstić information content (AvgIpc) is 2.91. The van der Waals surface area contributed by atoms with Crippen molar-refractivity contribution in [2.75, 3.05) is 28.3 Å². The van der Waals surface area contributed by atoms with Crippen molar-refractivity contribution >= 4 is 27.3 Å². The summed E-state index contributed by atoms with van der Waals surface area (Å²) in [7, 11) is -2.94. The maximum atomic E-state index is 11.9. The van der Waals surface area contributed by atoms with Crippen molar-refractivity contribution in [1.29, 1.82) is 0 Å². The molecule has 7 heteroatoms. The number of rotatable bonds is 5. The molecule has 1 unspecified atom stereocenters. The second kappa shape index (κ2) is 7.23. The summed E-state index contributed by atoms with van der Waals surface area (Å²) in [5.41, 5.74) is 4.11. The third kappa shape index (κ3) is 4.15. The van der Waals surface area contributed by atoms with E-state index in [1.54, 1.807) is 0 Å². The molecular formula is C19H26N4O2S. The predicted octanol–water partition coefficient (Wildman–Crippen LogP) is 3.16. The molecule has 2 aromatic rings. The number of nitrogens with one attached hydrogen (secondary N) is 1. The zero-order valence-corrected chi connectivity index (χ0v) is 16.6. The number of benzene rings is 1. The van der Waals surface area contributed by atoms with Gasteiger partial charge in [-0.2, -0.15) is 4.98 Å². The Hall–Kier alpha value is -2.15. The van der Waals surface area contributed by atoms with E-state index in [9.17, 15) is 8.42 Å². The zero-order chi connectivity index (χ0) is 18.9. The van der Waals surface area contributed by atoms with E-state index in [0.29, 0.717) is 18.9 Å². The van der Waals surface area contributed by atoms with Crippen LogP contribution in [0.25, 0.3) is 0 Å². The number of aromatic nitrogens is 2. The van der Waals surface area contributed by atoms with Gasteiger partial charge in [0.15, 0.2) is 9.84 Å². The standard InChI is InChI=1S/C19H26N4O2S/c1-5-23(16-8-9-26(24,25)12-16)18-11-15(4)20-19(22-18)21-17-10-13(2)6-7-14(17)3/h6-7,10-11,16H,5,8-9,12H2,1-4H3,(H,20,21,22). The van der Waals surface area contributed by atoms with Crippen molar-refractivity contribution < 1.29 is 8.42 Å². The van der Waals surface area contributed by atoms with Crippen molar-refractivity contribution in [1.82, 2.24) is 9.97 Å². The van der Waals surface area contributed by atoms with Gasteiger partial charge < -0.3 is 10.2 Å². The number of hydrogen-bond donors (Lipinski definition) is 1. The highest BCUT2D eigenvalue weighted by atomic mass is 32.2. The van der Waals surface area contributed by atoms with E-state index in [1.807, 2.05) is 33.8 Å². The summed E-state index contributed by atoms with van der Waals surface area (Å²) in [6.07, 6.45) is 0.652. The van der Waals surface area contributed by atoms with Crippen LogP contribution in [0.1, 0.15) is 30.2 Å². The van der Waals surface area contributed by atoms with Gasteiger partial charge in [-0.05, 0) is 51.3 Å². The summed E-state index contributed by atoms with van der Waals surface area (Å²) in [4.78, 5) is 11.3. The lowest BCUT2D eigenvalue weighted by Gasteiger charge is -2.28. The monoisotopic (exact) mass is 374 g/mol. The predicted molar refractivity (Wildman–Crippen MR) is 106 cm³/mol. The van der Waals surface area contributed by atoms with Crippen molar-refractivity contribution in [2.45, 2.75) is 40.2 Å². The highest BCUT2D eigenvalue weighted by Crippen LogP contribution is 2.26. The number of sulfone groups is 1. The molecule has 1 atom stereocenters. The van der Waals surface area contributed by atoms with E-state index >= 15 is 0 Å². The number of anilines is 3. The molecule has 2 heterocycles. The summed E-state index contributed by atoms with van der Waals surface area (Å²) in [6, 6.07) is 8.11. The lowest BCUT2D eigenvalue weighted by atomic mass is 10.1. The minimum atomic E-state index is -2.94. The molecule has 3 rings (SSSR count). The maximum Gasteiger partial charge on any atom is 0.229 e. The third-order valence-electron chi connectivity index (χ3n) is 4.76. The fourth-order valence-corrected chi connectivity index (χ4v) is 5.11. The van der Waals surface area contributed by atoms with Crippen LogP contribution in [0.4, 0.5) is 17.5 Å². The van der Waals surface area contributed by atoms with Gasteiger partial charge in [0, 0.05) is 30.0 Å². The van der Waals surface area contributed by atoms with Crippen LogP contribution in [0.15, 0.2) is 24.3 Å². The summed E-state index contributed by atoms with van der Waals surface area (Å²) in [5, 5.41) is 3.31. The SMILES string of the molecule is CCN(c1cc(C)nc(Nc2cc(C)ccc2C)n1)C1CCS(=O)(=O)C1. The molecule has 1 aliphatic rings. The molecule has 1 N–H and O–H groups in total. The first-order valence-corrected chi connectivity index (χ1v) is 10.8. The third-order valence-corrected chi connectivity index (χ3v) is 6.51. The normalized spacial score (nSPS) is 18.7. The Kier molecular flexibility index (Phi) is 5.18. The van der Waals surface area contributed by atoms with Crippen LogP contribution in [0.3, 0.4) is 0 Å². The minimum absolute atomic E-state index is 0.0205. The summed E-state index contributed by atoms with van der Waals surface area (Å²) >= 11 is 0. The quantitative estimate of drug-likeness (QED) is 0.866. The van der Waals surface area contributed by atoms with E-state index in [-0.39, 0.29) is 17.5 Å². The summed E-state index contributed by atoms with van der Waals surface area (Å²) in [6.45, 7) is 8.76. The highest BCUT2D eigenvalue weighted by Gasteiger charge is 2.32. The fraction of sp³-hybridized carbons (Fsp3) is 0.474. The molecule has 6 nitrogen and oxygen atoms in total. The minimum Gasteiger partial charge on any atom is -0.353 e. The van der Waals surface area contributed by atoms with Gasteiger partial charge >= 0.3 is 0 Å². The molecular weight excluding hydrogens is 348 g/mol. The molecule has 140 valence electrons. The van der Waals surface area contributed by atoms with E-state index in [1.165, 1.54) is 0 Å². The molecule has 26 heavy (non-hydrogen) atoms. The zero-order valence-electron chi connectivity index (χ0n) is 15.8. The van der Waals surface area contributed by atoms with Crippen molar-refractivity contribution in [3.05, 3.63) is 41.1 Å². The van der Waals surface area contributed by atoms with E-state index in [4.69, 9.17) is 0 Å². The van der Waals surface area contributed by atoms with E-state index in [0.717, 1.165) is 28.3 Å². The maximum absolute atomic E-state index is 11.9. The summed E-state index contributed by atoms with van der Waals surface area (Å²) < 4.78 is 23.7. The molecule has 1 aromatic heterocycles. The molecule has 1 fully saturated rings.